The molecule has 2 saturated heterocycles. The zero-order chi connectivity index (χ0) is 30.8. The molecule has 5 rings (SSSR count). The van der Waals surface area contributed by atoms with Gasteiger partial charge in [0.2, 0.25) is 17.9 Å². The SMILES string of the molecule is C/C=C/c1ccc([C@@H](Oc2cc(N3CCC4(CC3)CN[C@H](C(=O)O)C4)nc(N)n2)C(F)(F)F)c(-c2cccc(SC)c2)c1. The van der Waals surface area contributed by atoms with Crippen LogP contribution in [-0.2, 0) is 4.79 Å². The van der Waals surface area contributed by atoms with Crippen molar-refractivity contribution in [1.82, 2.24) is 15.3 Å². The molecule has 0 bridgehead atoms. The monoisotopic (exact) mass is 613 g/mol. The molecule has 3 heterocycles. The van der Waals surface area contributed by atoms with E-state index in [2.05, 4.69) is 15.3 Å². The molecule has 8 nitrogen and oxygen atoms in total. The van der Waals surface area contributed by atoms with E-state index in [9.17, 15) is 23.1 Å². The topological polar surface area (TPSA) is 114 Å². The highest BCUT2D eigenvalue weighted by atomic mass is 32.2. The van der Waals surface area contributed by atoms with Gasteiger partial charge in [-0.15, -0.1) is 11.8 Å². The van der Waals surface area contributed by atoms with Crippen LogP contribution in [0.25, 0.3) is 17.2 Å². The largest absolute Gasteiger partial charge is 0.480 e. The van der Waals surface area contributed by atoms with Gasteiger partial charge in [0.15, 0.2) is 0 Å². The van der Waals surface area contributed by atoms with Crippen LogP contribution >= 0.6 is 11.8 Å². The number of carboxylic acid groups (broad SMARTS) is 1. The van der Waals surface area contributed by atoms with E-state index < -0.39 is 24.3 Å². The van der Waals surface area contributed by atoms with Crippen LogP contribution in [0.3, 0.4) is 0 Å². The van der Waals surface area contributed by atoms with E-state index >= 15 is 0 Å². The highest BCUT2D eigenvalue weighted by Crippen LogP contribution is 2.43. The van der Waals surface area contributed by atoms with Crippen LogP contribution in [0.2, 0.25) is 0 Å². The first-order valence-corrected chi connectivity index (χ1v) is 15.2. The van der Waals surface area contributed by atoms with E-state index in [1.807, 2.05) is 48.4 Å². The number of nitrogens with zero attached hydrogens (tertiary/aromatic N) is 3. The molecule has 0 saturated carbocycles. The molecule has 1 aromatic heterocycles. The van der Waals surface area contributed by atoms with Crippen molar-refractivity contribution in [3.05, 3.63) is 65.7 Å². The third kappa shape index (κ3) is 6.91. The molecule has 12 heteroatoms. The van der Waals surface area contributed by atoms with E-state index in [-0.39, 0.29) is 22.8 Å². The van der Waals surface area contributed by atoms with Crippen molar-refractivity contribution in [3.8, 4) is 17.0 Å². The average molecular weight is 614 g/mol. The molecule has 0 amide bonds. The molecular weight excluding hydrogens is 579 g/mol. The first-order chi connectivity index (χ1) is 20.5. The van der Waals surface area contributed by atoms with Crippen LogP contribution in [-0.4, -0.2) is 59.2 Å². The lowest BCUT2D eigenvalue weighted by molar-refractivity contribution is -0.198. The van der Waals surface area contributed by atoms with Gasteiger partial charge in [-0.3, -0.25) is 4.79 Å². The lowest BCUT2D eigenvalue weighted by Crippen LogP contribution is -2.41. The van der Waals surface area contributed by atoms with Crippen LogP contribution in [0.4, 0.5) is 24.9 Å². The Morgan fingerprint density at radius 1 is 1.21 bits per heavy atom. The number of hydrogen-bond acceptors (Lipinski definition) is 8. The summed E-state index contributed by atoms with van der Waals surface area (Å²) in [6.45, 7) is 3.56. The smallest absolute Gasteiger partial charge is 0.429 e. The fraction of sp³-hybridized carbons (Fsp3) is 0.387. The summed E-state index contributed by atoms with van der Waals surface area (Å²) in [6.07, 6.45) is 0.464. The van der Waals surface area contributed by atoms with Crippen molar-refractivity contribution in [2.24, 2.45) is 5.41 Å². The number of halogens is 3. The van der Waals surface area contributed by atoms with Crippen LogP contribution in [0.15, 0.2) is 59.5 Å². The molecule has 0 aliphatic carbocycles. The zero-order valence-electron chi connectivity index (χ0n) is 23.9. The molecule has 2 fully saturated rings. The summed E-state index contributed by atoms with van der Waals surface area (Å²) in [6, 6.07) is 13.0. The van der Waals surface area contributed by atoms with Crippen LogP contribution in [0.1, 0.15) is 43.4 Å². The van der Waals surface area contributed by atoms with Gasteiger partial charge in [0, 0.05) is 36.2 Å². The van der Waals surface area contributed by atoms with Gasteiger partial charge in [-0.2, -0.15) is 23.1 Å². The normalized spacial score (nSPS) is 19.2. The Bertz CT molecular complexity index is 1510. The molecule has 0 radical (unpaired) electrons. The molecule has 2 aliphatic rings. The second kappa shape index (κ2) is 12.5. The Balaban J connectivity index is 1.44. The maximum atomic E-state index is 14.7. The quantitative estimate of drug-likeness (QED) is 0.256. The number of allylic oxidation sites excluding steroid dienone is 1. The molecule has 2 aromatic carbocycles. The molecule has 1 spiro atoms. The molecule has 4 N–H and O–H groups in total. The number of nitrogen functional groups attached to an aromatic ring is 1. The molecule has 3 aromatic rings. The molecular formula is C31H34F3N5O3S. The van der Waals surface area contributed by atoms with Gasteiger partial charge in [0.05, 0.1) is 0 Å². The number of aliphatic carboxylic acids is 1. The summed E-state index contributed by atoms with van der Waals surface area (Å²) in [5.41, 5.74) is 7.60. The van der Waals surface area contributed by atoms with Gasteiger partial charge in [0.25, 0.3) is 0 Å². The van der Waals surface area contributed by atoms with Gasteiger partial charge in [0.1, 0.15) is 11.9 Å². The second-order valence-corrected chi connectivity index (χ2v) is 11.9. The number of thioether (sulfide) groups is 1. The zero-order valence-corrected chi connectivity index (χ0v) is 24.7. The Morgan fingerprint density at radius 3 is 2.63 bits per heavy atom. The van der Waals surface area contributed by atoms with E-state index in [1.165, 1.54) is 23.9 Å². The average Bonchev–Trinajstić information content (AvgIpc) is 3.39. The van der Waals surface area contributed by atoms with Gasteiger partial charge in [-0.1, -0.05) is 36.4 Å². The van der Waals surface area contributed by atoms with Crippen LogP contribution < -0.4 is 20.7 Å². The maximum Gasteiger partial charge on any atom is 0.429 e. The van der Waals surface area contributed by atoms with Gasteiger partial charge < -0.3 is 25.8 Å². The summed E-state index contributed by atoms with van der Waals surface area (Å²) < 4.78 is 49.8. The number of anilines is 2. The second-order valence-electron chi connectivity index (χ2n) is 11.0. The summed E-state index contributed by atoms with van der Waals surface area (Å²) in [7, 11) is 0. The van der Waals surface area contributed by atoms with Crippen molar-refractivity contribution in [1.29, 1.82) is 0 Å². The van der Waals surface area contributed by atoms with Crippen molar-refractivity contribution < 1.29 is 27.8 Å². The number of carbonyl (C=O) groups is 1. The number of benzene rings is 2. The summed E-state index contributed by atoms with van der Waals surface area (Å²) in [4.78, 5) is 22.6. The number of rotatable bonds is 8. The lowest BCUT2D eigenvalue weighted by atomic mass is 9.76. The molecule has 2 atom stereocenters. The standard InChI is InChI=1S/C31H34F3N5O3S/c1-3-5-19-8-9-22(23(14-19)20-6-4-7-21(15-20)43-2)27(31(32,33)34)42-26-16-25(37-29(35)38-26)39-12-10-30(11-13-39)17-24(28(40)41)36-18-30/h3-9,14-16,24,27,36H,10-13,17-18H2,1-2H3,(H,40,41)(H2,35,37,38)/b5-3+/t24-,27+/m0/s1. The first kappa shape index (κ1) is 30.7. The minimum Gasteiger partial charge on any atom is -0.480 e. The Hall–Kier alpha value is -3.77. The summed E-state index contributed by atoms with van der Waals surface area (Å²) in [5.74, 6) is -0.964. The number of hydrogen-bond donors (Lipinski definition) is 3. The van der Waals surface area contributed by atoms with E-state index in [0.29, 0.717) is 55.8 Å². The molecule has 2 aliphatic heterocycles. The number of nitrogens with one attached hydrogen (secondary N) is 1. The van der Waals surface area contributed by atoms with Crippen molar-refractivity contribution in [3.63, 3.8) is 0 Å². The predicted octanol–water partition coefficient (Wildman–Crippen LogP) is 6.20. The van der Waals surface area contributed by atoms with Gasteiger partial charge in [-0.25, -0.2) is 0 Å². The Labute approximate surface area is 252 Å². The predicted molar refractivity (Wildman–Crippen MR) is 162 cm³/mol. The summed E-state index contributed by atoms with van der Waals surface area (Å²) >= 11 is 1.51. The molecule has 228 valence electrons. The number of carboxylic acids is 1. The number of nitrogens with two attached hydrogens (primary N) is 1. The highest BCUT2D eigenvalue weighted by molar-refractivity contribution is 7.98. The van der Waals surface area contributed by atoms with Crippen molar-refractivity contribution >= 4 is 35.6 Å². The molecule has 43 heavy (non-hydrogen) atoms. The Kier molecular flexibility index (Phi) is 8.89. The van der Waals surface area contributed by atoms with E-state index in [1.54, 1.807) is 18.2 Å². The van der Waals surface area contributed by atoms with Gasteiger partial charge >= 0.3 is 12.1 Å². The fourth-order valence-corrected chi connectivity index (χ4v) is 6.36. The molecule has 0 unspecified atom stereocenters. The lowest BCUT2D eigenvalue weighted by Gasteiger charge is -2.39. The Morgan fingerprint density at radius 2 is 1.98 bits per heavy atom. The van der Waals surface area contributed by atoms with E-state index in [4.69, 9.17) is 10.5 Å². The summed E-state index contributed by atoms with van der Waals surface area (Å²) in [5, 5.41) is 12.4. The van der Waals surface area contributed by atoms with E-state index in [0.717, 1.165) is 10.5 Å². The number of alkyl halides is 3. The van der Waals surface area contributed by atoms with Crippen molar-refractivity contribution in [2.75, 3.05) is 36.5 Å². The number of piperidine rings is 1. The number of ether oxygens (including phenoxy) is 1. The third-order valence-electron chi connectivity index (χ3n) is 8.15. The first-order valence-electron chi connectivity index (χ1n) is 14.0. The highest BCUT2D eigenvalue weighted by Gasteiger charge is 2.46. The van der Waals surface area contributed by atoms with Crippen LogP contribution in [0, 0.1) is 5.41 Å². The third-order valence-corrected chi connectivity index (χ3v) is 8.87. The fourth-order valence-electron chi connectivity index (χ4n) is 5.90. The van der Waals surface area contributed by atoms with Crippen LogP contribution in [0.5, 0.6) is 5.88 Å². The minimum atomic E-state index is -4.76. The van der Waals surface area contributed by atoms with Crippen molar-refractivity contribution in [2.45, 2.75) is 49.4 Å². The number of aromatic nitrogens is 2. The van der Waals surface area contributed by atoms with Gasteiger partial charge in [-0.05, 0) is 72.7 Å². The minimum absolute atomic E-state index is 0.0422. The maximum absolute atomic E-state index is 14.7.